The number of esters is 3. The Kier molecular flexibility index (Phi) is 40.4. The molecule has 0 aliphatic heterocycles. The van der Waals surface area contributed by atoms with Crippen molar-refractivity contribution in [2.24, 2.45) is 17.8 Å². The molecule has 0 radical (unpaired) electrons. The second-order valence-electron chi connectivity index (χ2n) is 18.1. The van der Waals surface area contributed by atoms with E-state index in [2.05, 4.69) is 41.5 Å². The van der Waals surface area contributed by atoms with E-state index < -0.39 is 6.10 Å². The molecule has 0 saturated heterocycles. The van der Waals surface area contributed by atoms with Crippen molar-refractivity contribution in [1.82, 2.24) is 0 Å². The van der Waals surface area contributed by atoms with Gasteiger partial charge in [-0.2, -0.15) is 0 Å². The standard InChI is InChI=1S/C50H96O6/c1-7-45(5)37-31-25-19-15-13-11-9-10-12-14-16-20-27-33-39-48(51)54-42-47(56-50(53)41-35-29-23-22-26-32-38-46(6)8-2)43-55-49(52)40-34-28-21-17-18-24-30-36-44(3)4/h44-47H,7-43H2,1-6H3/t45?,46?,47-/m0/s1. The van der Waals surface area contributed by atoms with Gasteiger partial charge in [-0.15, -0.1) is 0 Å². The van der Waals surface area contributed by atoms with Gasteiger partial charge < -0.3 is 14.2 Å². The minimum Gasteiger partial charge on any atom is -0.462 e. The number of unbranched alkanes of at least 4 members (excludes halogenated alkanes) is 24. The van der Waals surface area contributed by atoms with Crippen molar-refractivity contribution in [3.8, 4) is 0 Å². The first-order valence-electron chi connectivity index (χ1n) is 24.7. The molecule has 0 amide bonds. The van der Waals surface area contributed by atoms with Crippen LogP contribution in [0.3, 0.4) is 0 Å². The monoisotopic (exact) mass is 793 g/mol. The van der Waals surface area contributed by atoms with Crippen molar-refractivity contribution < 1.29 is 28.6 Å². The second-order valence-corrected chi connectivity index (χ2v) is 18.1. The lowest BCUT2D eigenvalue weighted by Gasteiger charge is -2.18. The van der Waals surface area contributed by atoms with Crippen LogP contribution in [-0.4, -0.2) is 37.2 Å². The molecule has 0 fully saturated rings. The number of carbonyl (C=O) groups excluding carboxylic acids is 3. The Morgan fingerprint density at radius 3 is 0.929 bits per heavy atom. The van der Waals surface area contributed by atoms with E-state index in [-0.39, 0.29) is 31.1 Å². The Morgan fingerprint density at radius 1 is 0.357 bits per heavy atom. The van der Waals surface area contributed by atoms with Crippen molar-refractivity contribution in [3.05, 3.63) is 0 Å². The van der Waals surface area contributed by atoms with Gasteiger partial charge in [-0.25, -0.2) is 0 Å². The summed E-state index contributed by atoms with van der Waals surface area (Å²) in [6, 6.07) is 0. The molecule has 0 heterocycles. The summed E-state index contributed by atoms with van der Waals surface area (Å²) < 4.78 is 16.7. The topological polar surface area (TPSA) is 78.9 Å². The predicted octanol–water partition coefficient (Wildman–Crippen LogP) is 15.6. The van der Waals surface area contributed by atoms with Gasteiger partial charge in [-0.3, -0.25) is 14.4 Å². The maximum absolute atomic E-state index is 12.7. The van der Waals surface area contributed by atoms with Crippen LogP contribution in [0.1, 0.15) is 266 Å². The highest BCUT2D eigenvalue weighted by atomic mass is 16.6. The lowest BCUT2D eigenvalue weighted by molar-refractivity contribution is -0.167. The summed E-state index contributed by atoms with van der Waals surface area (Å²) in [6.07, 6.45) is 39.5. The highest BCUT2D eigenvalue weighted by Crippen LogP contribution is 2.18. The lowest BCUT2D eigenvalue weighted by atomic mass is 9.99. The summed E-state index contributed by atoms with van der Waals surface area (Å²) in [4.78, 5) is 37.8. The molecule has 0 aliphatic rings. The van der Waals surface area contributed by atoms with E-state index in [0.717, 1.165) is 75.5 Å². The third-order valence-electron chi connectivity index (χ3n) is 11.9. The third kappa shape index (κ3) is 40.6. The first-order chi connectivity index (χ1) is 27.2. The molecule has 0 N–H and O–H groups in total. The number of hydrogen-bond acceptors (Lipinski definition) is 6. The van der Waals surface area contributed by atoms with E-state index in [4.69, 9.17) is 14.2 Å². The van der Waals surface area contributed by atoms with Crippen molar-refractivity contribution in [2.75, 3.05) is 13.2 Å². The minimum atomic E-state index is -0.763. The van der Waals surface area contributed by atoms with Gasteiger partial charge >= 0.3 is 17.9 Å². The van der Waals surface area contributed by atoms with Crippen molar-refractivity contribution in [2.45, 2.75) is 272 Å². The first kappa shape index (κ1) is 54.4. The fraction of sp³-hybridized carbons (Fsp3) is 0.940. The van der Waals surface area contributed by atoms with Gasteiger partial charge in [-0.05, 0) is 37.0 Å². The molecule has 6 nitrogen and oxygen atoms in total. The molecular formula is C50H96O6. The van der Waals surface area contributed by atoms with Crippen LogP contribution in [0.5, 0.6) is 0 Å². The van der Waals surface area contributed by atoms with Crippen LogP contribution in [0.25, 0.3) is 0 Å². The molecule has 0 bridgehead atoms. The quantitative estimate of drug-likeness (QED) is 0.0348. The Bertz CT molecular complexity index is 872. The maximum Gasteiger partial charge on any atom is 0.306 e. The summed E-state index contributed by atoms with van der Waals surface area (Å²) in [5, 5.41) is 0. The zero-order chi connectivity index (χ0) is 41.3. The molecule has 2 unspecified atom stereocenters. The van der Waals surface area contributed by atoms with Gasteiger partial charge in [0.15, 0.2) is 6.10 Å². The van der Waals surface area contributed by atoms with Gasteiger partial charge in [0.1, 0.15) is 13.2 Å². The zero-order valence-electron chi connectivity index (χ0n) is 38.4. The third-order valence-corrected chi connectivity index (χ3v) is 11.9. The number of carbonyl (C=O) groups is 3. The minimum absolute atomic E-state index is 0.0664. The maximum atomic E-state index is 12.7. The molecule has 6 heteroatoms. The highest BCUT2D eigenvalue weighted by Gasteiger charge is 2.19. The fourth-order valence-corrected chi connectivity index (χ4v) is 7.34. The van der Waals surface area contributed by atoms with Crippen molar-refractivity contribution >= 4 is 17.9 Å². The Hall–Kier alpha value is -1.59. The van der Waals surface area contributed by atoms with Crippen LogP contribution in [0.4, 0.5) is 0 Å². The van der Waals surface area contributed by atoms with E-state index in [1.54, 1.807) is 0 Å². The highest BCUT2D eigenvalue weighted by molar-refractivity contribution is 5.71. The van der Waals surface area contributed by atoms with Crippen LogP contribution in [0.15, 0.2) is 0 Å². The number of hydrogen-bond donors (Lipinski definition) is 0. The molecule has 3 atom stereocenters. The molecule has 0 aromatic rings. The van der Waals surface area contributed by atoms with Crippen molar-refractivity contribution in [1.29, 1.82) is 0 Å². The summed E-state index contributed by atoms with van der Waals surface area (Å²) in [6.45, 7) is 13.7. The van der Waals surface area contributed by atoms with Gasteiger partial charge in [0.25, 0.3) is 0 Å². The molecule has 56 heavy (non-hydrogen) atoms. The molecule has 0 rings (SSSR count). The average molecular weight is 793 g/mol. The van der Waals surface area contributed by atoms with Gasteiger partial charge in [-0.1, -0.05) is 228 Å². The SMILES string of the molecule is CCC(C)CCCCCCCCCCCCCCCCC(=O)OC[C@@H](COC(=O)CCCCCCCCCC(C)C)OC(=O)CCCCCCCCC(C)CC. The van der Waals surface area contributed by atoms with Gasteiger partial charge in [0.2, 0.25) is 0 Å². The molecule has 0 saturated carbocycles. The van der Waals surface area contributed by atoms with Crippen LogP contribution in [0, 0.1) is 17.8 Å². The summed E-state index contributed by atoms with van der Waals surface area (Å²) in [5.41, 5.74) is 0. The fourth-order valence-electron chi connectivity index (χ4n) is 7.34. The van der Waals surface area contributed by atoms with Gasteiger partial charge in [0.05, 0.1) is 0 Å². The Labute approximate surface area is 348 Å². The van der Waals surface area contributed by atoms with E-state index >= 15 is 0 Å². The van der Waals surface area contributed by atoms with Gasteiger partial charge in [0, 0.05) is 19.3 Å². The van der Waals surface area contributed by atoms with Crippen LogP contribution in [-0.2, 0) is 28.6 Å². The smallest absolute Gasteiger partial charge is 0.306 e. The summed E-state index contributed by atoms with van der Waals surface area (Å²) in [5.74, 6) is 1.62. The average Bonchev–Trinajstić information content (AvgIpc) is 3.18. The second kappa shape index (κ2) is 41.6. The normalized spacial score (nSPS) is 13.1. The van der Waals surface area contributed by atoms with E-state index in [9.17, 15) is 14.4 Å². The van der Waals surface area contributed by atoms with Crippen molar-refractivity contribution in [3.63, 3.8) is 0 Å². The molecule has 0 aromatic heterocycles. The van der Waals surface area contributed by atoms with E-state index in [1.807, 2.05) is 0 Å². The molecule has 332 valence electrons. The Morgan fingerprint density at radius 2 is 0.625 bits per heavy atom. The Balaban J connectivity index is 4.25. The first-order valence-corrected chi connectivity index (χ1v) is 24.7. The number of ether oxygens (including phenoxy) is 3. The number of rotatable bonds is 43. The largest absolute Gasteiger partial charge is 0.462 e. The zero-order valence-corrected chi connectivity index (χ0v) is 38.4. The van der Waals surface area contributed by atoms with E-state index in [1.165, 1.54) is 148 Å². The van der Waals surface area contributed by atoms with Crippen LogP contribution in [0.2, 0.25) is 0 Å². The molecule has 0 aliphatic carbocycles. The molecule has 0 aromatic carbocycles. The van der Waals surface area contributed by atoms with Crippen LogP contribution < -0.4 is 0 Å². The lowest BCUT2D eigenvalue weighted by Crippen LogP contribution is -2.30. The summed E-state index contributed by atoms with van der Waals surface area (Å²) >= 11 is 0. The van der Waals surface area contributed by atoms with Crippen LogP contribution >= 0.6 is 0 Å². The molecule has 0 spiro atoms. The van der Waals surface area contributed by atoms with E-state index in [0.29, 0.717) is 19.3 Å². The predicted molar refractivity (Wildman–Crippen MR) is 238 cm³/mol. The molecular weight excluding hydrogens is 697 g/mol. The summed E-state index contributed by atoms with van der Waals surface area (Å²) in [7, 11) is 0.